The number of amides is 1. The molecule has 0 aliphatic carbocycles. The van der Waals surface area contributed by atoms with E-state index in [9.17, 15) is 14.7 Å². The van der Waals surface area contributed by atoms with Gasteiger partial charge in [-0.05, 0) is 12.5 Å². The number of carbonyl (C=O) groups is 2. The summed E-state index contributed by atoms with van der Waals surface area (Å²) >= 11 is 0. The summed E-state index contributed by atoms with van der Waals surface area (Å²) < 4.78 is 0. The molecule has 2 N–H and O–H groups in total. The molecule has 1 amide bonds. The van der Waals surface area contributed by atoms with E-state index >= 15 is 0 Å². The number of aryl methyl sites for hydroxylation is 1. The van der Waals surface area contributed by atoms with Gasteiger partial charge in [-0.1, -0.05) is 60.2 Å². The van der Waals surface area contributed by atoms with Crippen molar-refractivity contribution < 1.29 is 14.7 Å². The Balaban J connectivity index is 1.97. The van der Waals surface area contributed by atoms with Gasteiger partial charge in [-0.15, -0.1) is 0 Å². The van der Waals surface area contributed by atoms with Crippen molar-refractivity contribution in [2.45, 2.75) is 13.5 Å². The zero-order valence-electron chi connectivity index (χ0n) is 12.2. The van der Waals surface area contributed by atoms with Crippen LogP contribution in [-0.2, 0) is 16.1 Å². The minimum absolute atomic E-state index is 0.222. The fourth-order valence-electron chi connectivity index (χ4n) is 1.86. The molecule has 0 unspecified atom stereocenters. The summed E-state index contributed by atoms with van der Waals surface area (Å²) in [7, 11) is 0. The molecule has 0 fully saturated rings. The molecule has 0 radical (unpaired) electrons. The van der Waals surface area contributed by atoms with Gasteiger partial charge in [0.15, 0.2) is 0 Å². The van der Waals surface area contributed by atoms with Crippen molar-refractivity contribution >= 4 is 17.4 Å². The molecule has 0 spiro atoms. The Labute approximate surface area is 129 Å². The van der Waals surface area contributed by atoms with Crippen molar-refractivity contribution in [1.29, 1.82) is 0 Å². The maximum absolute atomic E-state index is 11.8. The third kappa shape index (κ3) is 4.31. The molecule has 0 bridgehead atoms. The number of hydrogen-bond donors (Lipinski definition) is 2. The minimum atomic E-state index is -0.783. The number of ketones is 1. The molecule has 0 atom stereocenters. The van der Waals surface area contributed by atoms with Crippen molar-refractivity contribution in [3.63, 3.8) is 0 Å². The standard InChI is InChI=1S/C18H17NO3/c1-13-7-9-15(10-8-13)16(20)11-17(21)18(22)19-12-14-5-3-2-4-6-14/h2-11,20H,12H2,1H3,(H,19,22)/b16-11-. The third-order valence-corrected chi connectivity index (χ3v) is 3.13. The molecule has 0 saturated carbocycles. The zero-order valence-corrected chi connectivity index (χ0v) is 12.2. The van der Waals surface area contributed by atoms with Gasteiger partial charge in [0.25, 0.3) is 5.91 Å². The van der Waals surface area contributed by atoms with E-state index in [0.29, 0.717) is 5.56 Å². The third-order valence-electron chi connectivity index (χ3n) is 3.13. The van der Waals surface area contributed by atoms with Crippen molar-refractivity contribution in [3.05, 3.63) is 77.4 Å². The van der Waals surface area contributed by atoms with Crippen LogP contribution in [0.1, 0.15) is 16.7 Å². The molecule has 22 heavy (non-hydrogen) atoms. The van der Waals surface area contributed by atoms with E-state index in [0.717, 1.165) is 17.2 Å². The van der Waals surface area contributed by atoms with Gasteiger partial charge in [-0.25, -0.2) is 0 Å². The lowest BCUT2D eigenvalue weighted by Gasteiger charge is -2.04. The predicted octanol–water partition coefficient (Wildman–Crippen LogP) is 2.78. The summed E-state index contributed by atoms with van der Waals surface area (Å²) in [5, 5.41) is 12.4. The lowest BCUT2D eigenvalue weighted by atomic mass is 10.1. The highest BCUT2D eigenvalue weighted by atomic mass is 16.3. The molecule has 0 heterocycles. The van der Waals surface area contributed by atoms with Gasteiger partial charge in [0.1, 0.15) is 5.76 Å². The summed E-state index contributed by atoms with van der Waals surface area (Å²) in [5.74, 6) is -1.75. The van der Waals surface area contributed by atoms with Crippen LogP contribution < -0.4 is 5.32 Å². The van der Waals surface area contributed by atoms with Crippen LogP contribution in [0.4, 0.5) is 0 Å². The number of benzene rings is 2. The first-order chi connectivity index (χ1) is 10.6. The zero-order chi connectivity index (χ0) is 15.9. The first-order valence-corrected chi connectivity index (χ1v) is 6.90. The quantitative estimate of drug-likeness (QED) is 0.506. The van der Waals surface area contributed by atoms with E-state index in [1.807, 2.05) is 49.4 Å². The number of aliphatic hydroxyl groups is 1. The predicted molar refractivity (Wildman–Crippen MR) is 85.1 cm³/mol. The van der Waals surface area contributed by atoms with Gasteiger partial charge >= 0.3 is 0 Å². The van der Waals surface area contributed by atoms with Crippen molar-refractivity contribution in [1.82, 2.24) is 5.32 Å². The van der Waals surface area contributed by atoms with Gasteiger partial charge in [0.2, 0.25) is 5.78 Å². The highest BCUT2D eigenvalue weighted by Crippen LogP contribution is 2.12. The van der Waals surface area contributed by atoms with Crippen LogP contribution in [0.5, 0.6) is 0 Å². The molecular weight excluding hydrogens is 278 g/mol. The van der Waals surface area contributed by atoms with Crippen LogP contribution in [0.15, 0.2) is 60.7 Å². The van der Waals surface area contributed by atoms with E-state index in [2.05, 4.69) is 5.32 Å². The first kappa shape index (κ1) is 15.5. The molecule has 0 aliphatic heterocycles. The van der Waals surface area contributed by atoms with Crippen LogP contribution in [0.3, 0.4) is 0 Å². The topological polar surface area (TPSA) is 66.4 Å². The lowest BCUT2D eigenvalue weighted by molar-refractivity contribution is -0.135. The lowest BCUT2D eigenvalue weighted by Crippen LogP contribution is -2.29. The summed E-state index contributed by atoms with van der Waals surface area (Å²) in [4.78, 5) is 23.5. The van der Waals surface area contributed by atoms with Crippen LogP contribution in [0, 0.1) is 6.92 Å². The number of rotatable bonds is 5. The number of carbonyl (C=O) groups excluding carboxylic acids is 2. The van der Waals surface area contributed by atoms with Gasteiger partial charge in [-0.3, -0.25) is 9.59 Å². The SMILES string of the molecule is Cc1ccc(/C(O)=C/C(=O)C(=O)NCc2ccccc2)cc1. The maximum Gasteiger partial charge on any atom is 0.292 e. The Morgan fingerprint density at radius 1 is 1.05 bits per heavy atom. The summed E-state index contributed by atoms with van der Waals surface area (Å²) in [5.41, 5.74) is 2.44. The average molecular weight is 295 g/mol. The Kier molecular flexibility index (Phi) is 5.09. The van der Waals surface area contributed by atoms with Gasteiger partial charge in [-0.2, -0.15) is 0 Å². The Morgan fingerprint density at radius 3 is 2.32 bits per heavy atom. The smallest absolute Gasteiger partial charge is 0.292 e. The Morgan fingerprint density at radius 2 is 1.68 bits per heavy atom. The highest BCUT2D eigenvalue weighted by molar-refractivity contribution is 6.41. The molecule has 2 aromatic rings. The minimum Gasteiger partial charge on any atom is -0.507 e. The van der Waals surface area contributed by atoms with E-state index in [-0.39, 0.29) is 12.3 Å². The van der Waals surface area contributed by atoms with Crippen molar-refractivity contribution in [3.8, 4) is 0 Å². The second kappa shape index (κ2) is 7.22. The van der Waals surface area contributed by atoms with E-state index in [1.54, 1.807) is 12.1 Å². The van der Waals surface area contributed by atoms with Crippen molar-refractivity contribution in [2.75, 3.05) is 0 Å². The number of hydrogen-bond acceptors (Lipinski definition) is 3. The highest BCUT2D eigenvalue weighted by Gasteiger charge is 2.12. The van der Waals surface area contributed by atoms with Gasteiger partial charge in [0.05, 0.1) is 0 Å². The molecule has 4 nitrogen and oxygen atoms in total. The monoisotopic (exact) mass is 295 g/mol. The normalized spacial score (nSPS) is 11.0. The number of nitrogens with one attached hydrogen (secondary N) is 1. The molecule has 2 rings (SSSR count). The van der Waals surface area contributed by atoms with Crippen LogP contribution in [0.25, 0.3) is 5.76 Å². The molecule has 0 aromatic heterocycles. The van der Waals surface area contributed by atoms with Crippen LogP contribution >= 0.6 is 0 Å². The van der Waals surface area contributed by atoms with E-state index in [4.69, 9.17) is 0 Å². The Hall–Kier alpha value is -2.88. The Bertz CT molecular complexity index is 688. The first-order valence-electron chi connectivity index (χ1n) is 6.90. The molecular formula is C18H17NO3. The van der Waals surface area contributed by atoms with Crippen LogP contribution in [-0.4, -0.2) is 16.8 Å². The number of aliphatic hydroxyl groups excluding tert-OH is 1. The van der Waals surface area contributed by atoms with E-state index < -0.39 is 11.7 Å². The summed E-state index contributed by atoms with van der Waals surface area (Å²) in [6.07, 6.45) is 0.936. The van der Waals surface area contributed by atoms with Gasteiger partial charge in [0, 0.05) is 18.2 Å². The summed E-state index contributed by atoms with van der Waals surface area (Å²) in [6, 6.07) is 16.3. The molecule has 2 aromatic carbocycles. The van der Waals surface area contributed by atoms with Gasteiger partial charge < -0.3 is 10.4 Å². The molecule has 112 valence electrons. The summed E-state index contributed by atoms with van der Waals surface area (Å²) in [6.45, 7) is 2.19. The fraction of sp³-hybridized carbons (Fsp3) is 0.111. The molecule has 0 saturated heterocycles. The average Bonchev–Trinajstić information content (AvgIpc) is 2.54. The molecule has 4 heteroatoms. The van der Waals surface area contributed by atoms with Crippen LogP contribution in [0.2, 0.25) is 0 Å². The molecule has 0 aliphatic rings. The van der Waals surface area contributed by atoms with E-state index in [1.165, 1.54) is 0 Å². The second-order valence-electron chi connectivity index (χ2n) is 4.93. The fourth-order valence-corrected chi connectivity index (χ4v) is 1.86. The maximum atomic E-state index is 11.8. The van der Waals surface area contributed by atoms with Crippen molar-refractivity contribution in [2.24, 2.45) is 0 Å². The second-order valence-corrected chi connectivity index (χ2v) is 4.93. The largest absolute Gasteiger partial charge is 0.507 e.